The van der Waals surface area contributed by atoms with Crippen LogP contribution < -0.4 is 0 Å². The molecule has 0 aromatic heterocycles. The first kappa shape index (κ1) is 84.9. The van der Waals surface area contributed by atoms with Crippen LogP contribution in [0.15, 0.2) is 157 Å². The quantitative estimate of drug-likeness (QED) is 0.0226. The molecule has 0 aliphatic carbocycles. The molecule has 0 aromatic carbocycles. The van der Waals surface area contributed by atoms with E-state index >= 15 is 0 Å². The van der Waals surface area contributed by atoms with E-state index in [0.29, 0.717) is 6.61 Å². The number of rotatable bonds is 24. The Bertz CT molecular complexity index is 621. The van der Waals surface area contributed by atoms with E-state index in [-0.39, 0.29) is 13.2 Å². The molecule has 0 heterocycles. The third-order valence-electron chi connectivity index (χ3n) is 2.86. The number of hydrogen-bond acceptors (Lipinski definition) is 16. The first-order chi connectivity index (χ1) is 27.0. The summed E-state index contributed by atoms with van der Waals surface area (Å²) in [5, 5.41) is 38.5. The highest BCUT2D eigenvalue weighted by Crippen LogP contribution is 2.25. The highest BCUT2D eigenvalue weighted by molar-refractivity contribution is 6.87. The normalized spacial score (nSPS) is 8.71. The van der Waals surface area contributed by atoms with Crippen molar-refractivity contribution in [2.24, 2.45) is 0 Å². The third kappa shape index (κ3) is 125. The van der Waals surface area contributed by atoms with Crippen molar-refractivity contribution >= 4 is 25.2 Å². The molecule has 16 nitrogen and oxygen atoms in total. The number of hydrogen-bond donors (Lipinski definition) is 0. The SMILES string of the molecule is C=C.C=C.C=C.C=C.C=C.C=C.C=C.C=C.C=C.C=C.C=C.CO/C=C\OOOOOOOOOOOOCCOCCC[Si](C)(O[Si](C)(C)C)O[Si](C)(C)C. The fourth-order valence-electron chi connectivity index (χ4n) is 2.37. The van der Waals surface area contributed by atoms with E-state index in [1.807, 2.05) is 0 Å². The standard InChI is InChI=1S/C15H36O16Si3.11C2H4/c1-16-11-13-18-20-22-24-26-28-29-27-25-23-21-19-14-12-17-10-9-15-34(8,30-32(2,3)4)31-33(5,6)7;11*1-2/h11,13H,9-10,12,14-15H2,1-8H3;11*1-2H2/b13-11-;;;;;;;;;;;. The lowest BCUT2D eigenvalue weighted by Crippen LogP contribution is -2.52. The van der Waals surface area contributed by atoms with Gasteiger partial charge in [-0.25, -0.2) is 4.89 Å². The minimum Gasteiger partial charge on any atom is -0.501 e. The largest absolute Gasteiger partial charge is 0.501 e. The summed E-state index contributed by atoms with van der Waals surface area (Å²) in [7, 11) is -4.30. The predicted molar refractivity (Wildman–Crippen MR) is 239 cm³/mol. The van der Waals surface area contributed by atoms with Gasteiger partial charge in [0.25, 0.3) is 0 Å². The molecular formula is C37H80O16Si3. The molecule has 0 N–H and O–H groups in total. The van der Waals surface area contributed by atoms with Crippen molar-refractivity contribution < 1.29 is 77.9 Å². The van der Waals surface area contributed by atoms with Gasteiger partial charge in [-0.05, 0) is 83.5 Å². The highest BCUT2D eigenvalue weighted by Gasteiger charge is 2.39. The molecule has 0 saturated carbocycles. The Kier molecular flexibility index (Phi) is 142. The summed E-state index contributed by atoms with van der Waals surface area (Å²) in [5.41, 5.74) is 0. The zero-order valence-electron chi connectivity index (χ0n) is 36.3. The minimum absolute atomic E-state index is 0.0577. The van der Waals surface area contributed by atoms with Crippen LogP contribution in [0.3, 0.4) is 0 Å². The molecule has 0 aliphatic heterocycles. The van der Waals surface area contributed by atoms with Crippen molar-refractivity contribution in [3.05, 3.63) is 157 Å². The van der Waals surface area contributed by atoms with Crippen LogP contribution in [0.25, 0.3) is 0 Å². The van der Waals surface area contributed by atoms with Gasteiger partial charge in [0.2, 0.25) is 0 Å². The average Bonchev–Trinajstić information content (AvgIpc) is 3.24. The van der Waals surface area contributed by atoms with Crippen molar-refractivity contribution in [2.75, 3.05) is 26.9 Å². The van der Waals surface area contributed by atoms with E-state index in [0.717, 1.165) is 25.0 Å². The van der Waals surface area contributed by atoms with Gasteiger partial charge in [-0.3, -0.25) is 0 Å². The summed E-state index contributed by atoms with van der Waals surface area (Å²) in [6.45, 7) is 82.0. The minimum atomic E-state index is -2.26. The van der Waals surface area contributed by atoms with Crippen LogP contribution in [0.1, 0.15) is 6.42 Å². The average molecular weight is 865 g/mol. The van der Waals surface area contributed by atoms with Gasteiger partial charge in [0, 0.05) is 31.8 Å². The summed E-state index contributed by atoms with van der Waals surface area (Å²) in [6.07, 6.45) is 2.93. The van der Waals surface area contributed by atoms with Crippen molar-refractivity contribution in [2.45, 2.75) is 58.3 Å². The summed E-state index contributed by atoms with van der Waals surface area (Å²) in [6, 6.07) is 0.850. The summed E-state index contributed by atoms with van der Waals surface area (Å²) in [4.78, 5) is 8.80. The van der Waals surface area contributed by atoms with Crippen LogP contribution in [-0.2, 0) is 77.9 Å². The van der Waals surface area contributed by atoms with Gasteiger partial charge < -0.3 is 22.6 Å². The monoisotopic (exact) mass is 864 g/mol. The fourth-order valence-corrected chi connectivity index (χ4v) is 14.9. The van der Waals surface area contributed by atoms with Gasteiger partial charge in [0.05, 0.1) is 13.7 Å². The van der Waals surface area contributed by atoms with E-state index in [4.69, 9.17) is 13.0 Å². The maximum absolute atomic E-state index is 6.43. The smallest absolute Gasteiger partial charge is 0.314 e. The predicted octanol–water partition coefficient (Wildman–Crippen LogP) is 12.4. The summed E-state index contributed by atoms with van der Waals surface area (Å²) >= 11 is 0. The lowest BCUT2D eigenvalue weighted by Gasteiger charge is -2.38. The van der Waals surface area contributed by atoms with Crippen molar-refractivity contribution in [1.29, 1.82) is 0 Å². The first-order valence-electron chi connectivity index (χ1n) is 15.6. The van der Waals surface area contributed by atoms with Gasteiger partial charge in [-0.15, -0.1) is 145 Å². The molecule has 0 saturated heterocycles. The van der Waals surface area contributed by atoms with Gasteiger partial charge >= 0.3 is 8.56 Å². The first-order valence-corrected chi connectivity index (χ1v) is 24.9. The maximum Gasteiger partial charge on any atom is 0.314 e. The third-order valence-corrected chi connectivity index (χ3v) is 12.5. The van der Waals surface area contributed by atoms with Crippen LogP contribution in [0, 0.1) is 0 Å². The Morgan fingerprint density at radius 1 is 0.375 bits per heavy atom. The van der Waals surface area contributed by atoms with Gasteiger partial charge in [-0.1, -0.05) is 0 Å². The molecule has 0 atom stereocenters. The van der Waals surface area contributed by atoms with Gasteiger partial charge in [-0.2, -0.15) is 0 Å². The van der Waals surface area contributed by atoms with E-state index in [1.165, 1.54) is 7.11 Å². The number of ether oxygens (including phenoxy) is 2. The fraction of sp³-hybridized carbons (Fsp3) is 0.351. The molecule has 0 fully saturated rings. The molecule has 0 unspecified atom stereocenters. The Morgan fingerprint density at radius 2 is 0.679 bits per heavy atom. The number of methoxy groups -OCH3 is 1. The van der Waals surface area contributed by atoms with Crippen LogP contribution >= 0.6 is 0 Å². The molecular weight excluding hydrogens is 785 g/mol. The van der Waals surface area contributed by atoms with Crippen molar-refractivity contribution in [3.8, 4) is 0 Å². The van der Waals surface area contributed by atoms with Crippen LogP contribution in [-0.4, -0.2) is 52.1 Å². The van der Waals surface area contributed by atoms with E-state index < -0.39 is 25.2 Å². The second-order valence-corrected chi connectivity index (χ2v) is 21.2. The zero-order valence-corrected chi connectivity index (χ0v) is 39.3. The lowest BCUT2D eigenvalue weighted by atomic mass is 10.5. The summed E-state index contributed by atoms with van der Waals surface area (Å²) in [5.74, 6) is 0. The molecule has 0 aromatic rings. The van der Waals surface area contributed by atoms with E-state index in [1.54, 1.807) is 0 Å². The molecule has 0 bridgehead atoms. The second-order valence-electron chi connectivity index (χ2n) is 8.39. The van der Waals surface area contributed by atoms with Crippen LogP contribution in [0.2, 0.25) is 51.9 Å². The van der Waals surface area contributed by atoms with E-state index in [9.17, 15) is 0 Å². The molecule has 56 heavy (non-hydrogen) atoms. The molecule has 0 radical (unpaired) electrons. The molecule has 0 aliphatic rings. The van der Waals surface area contributed by atoms with Crippen LogP contribution in [0.5, 0.6) is 0 Å². The molecule has 19 heteroatoms. The molecule has 0 rings (SSSR count). The van der Waals surface area contributed by atoms with Crippen LogP contribution in [0.4, 0.5) is 0 Å². The van der Waals surface area contributed by atoms with Crippen molar-refractivity contribution in [1.82, 2.24) is 0 Å². The topological polar surface area (TPSA) is 148 Å². The van der Waals surface area contributed by atoms with E-state index in [2.05, 4.69) is 255 Å². The Hall–Kier alpha value is -3.43. The molecule has 0 spiro atoms. The lowest BCUT2D eigenvalue weighted by molar-refractivity contribution is -0.862. The Balaban J connectivity index is -0.0000000750. The Morgan fingerprint density at radius 3 is 0.982 bits per heavy atom. The molecule has 336 valence electrons. The van der Waals surface area contributed by atoms with Gasteiger partial charge in [0.1, 0.15) is 12.9 Å². The van der Waals surface area contributed by atoms with Crippen molar-refractivity contribution in [3.63, 3.8) is 0 Å². The van der Waals surface area contributed by atoms with Gasteiger partial charge in [0.15, 0.2) is 22.9 Å². The Labute approximate surface area is 344 Å². The molecule has 0 amide bonds. The second kappa shape index (κ2) is 93.4. The summed E-state index contributed by atoms with van der Waals surface area (Å²) < 4.78 is 22.8. The highest BCUT2D eigenvalue weighted by atomic mass is 28.5. The zero-order chi connectivity index (χ0) is 47.8. The maximum atomic E-state index is 6.43.